The highest BCUT2D eigenvalue weighted by atomic mass is 19.1. The normalized spacial score (nSPS) is 10.6. The lowest BCUT2D eigenvalue weighted by molar-refractivity contribution is 0.0691. The summed E-state index contributed by atoms with van der Waals surface area (Å²) < 4.78 is 19.6. The van der Waals surface area contributed by atoms with Crippen molar-refractivity contribution in [1.29, 1.82) is 0 Å². The Balaban J connectivity index is 2.21. The van der Waals surface area contributed by atoms with Gasteiger partial charge in [0.25, 0.3) is 5.56 Å². The van der Waals surface area contributed by atoms with Gasteiger partial charge in [0, 0.05) is 12.3 Å². The SMILES string of the molecule is O=C(O)c1c(Oc2cccc(F)c2)nc2ccccn2c1=O. The van der Waals surface area contributed by atoms with E-state index in [-0.39, 0.29) is 17.3 Å². The smallest absolute Gasteiger partial charge is 0.346 e. The van der Waals surface area contributed by atoms with Crippen molar-refractivity contribution in [2.75, 3.05) is 0 Å². The molecule has 1 aromatic carbocycles. The number of pyridine rings is 1. The van der Waals surface area contributed by atoms with E-state index in [1.807, 2.05) is 0 Å². The van der Waals surface area contributed by atoms with Gasteiger partial charge in [-0.15, -0.1) is 0 Å². The summed E-state index contributed by atoms with van der Waals surface area (Å²) in [5, 5.41) is 9.23. The molecule has 2 heterocycles. The van der Waals surface area contributed by atoms with Gasteiger partial charge in [-0.05, 0) is 24.3 Å². The lowest BCUT2D eigenvalue weighted by Crippen LogP contribution is -2.24. The number of ether oxygens (including phenoxy) is 1. The quantitative estimate of drug-likeness (QED) is 0.803. The topological polar surface area (TPSA) is 80.9 Å². The zero-order valence-electron chi connectivity index (χ0n) is 11.1. The van der Waals surface area contributed by atoms with Crippen LogP contribution in [0.4, 0.5) is 4.39 Å². The number of hydrogen-bond acceptors (Lipinski definition) is 4. The summed E-state index contributed by atoms with van der Waals surface area (Å²) >= 11 is 0. The Morgan fingerprint density at radius 1 is 1.23 bits per heavy atom. The van der Waals surface area contributed by atoms with Gasteiger partial charge in [-0.25, -0.2) is 9.18 Å². The molecule has 0 spiro atoms. The van der Waals surface area contributed by atoms with Crippen LogP contribution in [0.25, 0.3) is 5.65 Å². The summed E-state index contributed by atoms with van der Waals surface area (Å²) in [6.45, 7) is 0. The third-order valence-corrected chi connectivity index (χ3v) is 2.93. The van der Waals surface area contributed by atoms with Crippen LogP contribution in [0.3, 0.4) is 0 Å². The average Bonchev–Trinajstić information content (AvgIpc) is 2.47. The molecule has 0 saturated carbocycles. The van der Waals surface area contributed by atoms with E-state index in [4.69, 9.17) is 4.74 Å². The van der Waals surface area contributed by atoms with Crippen molar-refractivity contribution in [2.45, 2.75) is 0 Å². The van der Waals surface area contributed by atoms with Crippen LogP contribution >= 0.6 is 0 Å². The predicted octanol–water partition coefficient (Wildman–Crippen LogP) is 2.32. The Hall–Kier alpha value is -3.22. The molecule has 0 saturated heterocycles. The molecule has 0 radical (unpaired) electrons. The Morgan fingerprint density at radius 3 is 2.77 bits per heavy atom. The summed E-state index contributed by atoms with van der Waals surface area (Å²) in [7, 11) is 0. The first-order valence-corrected chi connectivity index (χ1v) is 6.24. The summed E-state index contributed by atoms with van der Waals surface area (Å²) in [6.07, 6.45) is 1.41. The van der Waals surface area contributed by atoms with Gasteiger partial charge in [-0.2, -0.15) is 4.98 Å². The van der Waals surface area contributed by atoms with Gasteiger partial charge in [0.05, 0.1) is 0 Å². The molecule has 0 unspecified atom stereocenters. The van der Waals surface area contributed by atoms with Crippen LogP contribution in [0.1, 0.15) is 10.4 Å². The molecule has 0 aliphatic carbocycles. The number of aromatic carboxylic acids is 1. The van der Waals surface area contributed by atoms with Crippen molar-refractivity contribution in [3.63, 3.8) is 0 Å². The fourth-order valence-corrected chi connectivity index (χ4v) is 1.97. The van der Waals surface area contributed by atoms with Crippen molar-refractivity contribution in [3.8, 4) is 11.6 Å². The van der Waals surface area contributed by atoms with E-state index in [1.54, 1.807) is 12.1 Å². The number of hydrogen-bond donors (Lipinski definition) is 1. The molecular formula is C15H9FN2O4. The Morgan fingerprint density at radius 2 is 2.05 bits per heavy atom. The van der Waals surface area contributed by atoms with Gasteiger partial charge in [-0.1, -0.05) is 12.1 Å². The van der Waals surface area contributed by atoms with E-state index in [2.05, 4.69) is 4.98 Å². The third kappa shape index (κ3) is 2.39. The van der Waals surface area contributed by atoms with Gasteiger partial charge in [-0.3, -0.25) is 9.20 Å². The van der Waals surface area contributed by atoms with Crippen molar-refractivity contribution < 1.29 is 19.0 Å². The first kappa shape index (κ1) is 13.7. The fourth-order valence-electron chi connectivity index (χ4n) is 1.97. The Labute approximate surface area is 123 Å². The molecule has 0 aliphatic rings. The third-order valence-electron chi connectivity index (χ3n) is 2.93. The molecule has 2 aromatic heterocycles. The molecule has 3 aromatic rings. The van der Waals surface area contributed by atoms with Gasteiger partial charge in [0.1, 0.15) is 17.2 Å². The van der Waals surface area contributed by atoms with E-state index in [0.29, 0.717) is 0 Å². The number of nitrogens with zero attached hydrogens (tertiary/aromatic N) is 2. The first-order valence-electron chi connectivity index (χ1n) is 6.24. The first-order chi connectivity index (χ1) is 10.6. The van der Waals surface area contributed by atoms with E-state index < -0.39 is 22.9 Å². The molecule has 0 aliphatic heterocycles. The van der Waals surface area contributed by atoms with Crippen LogP contribution in [0.5, 0.6) is 11.6 Å². The maximum absolute atomic E-state index is 13.2. The number of benzene rings is 1. The second-order valence-electron chi connectivity index (χ2n) is 4.39. The summed E-state index contributed by atoms with van der Waals surface area (Å²) in [5.74, 6) is -2.35. The van der Waals surface area contributed by atoms with E-state index in [0.717, 1.165) is 10.5 Å². The molecule has 0 amide bonds. The molecule has 0 atom stereocenters. The van der Waals surface area contributed by atoms with Crippen molar-refractivity contribution in [1.82, 2.24) is 9.38 Å². The lowest BCUT2D eigenvalue weighted by Gasteiger charge is -2.09. The largest absolute Gasteiger partial charge is 0.477 e. The van der Waals surface area contributed by atoms with Crippen LogP contribution < -0.4 is 10.3 Å². The minimum Gasteiger partial charge on any atom is -0.477 e. The number of carbonyl (C=O) groups is 1. The monoisotopic (exact) mass is 300 g/mol. The Kier molecular flexibility index (Phi) is 3.30. The standard InChI is InChI=1S/C15H9FN2O4/c16-9-4-3-5-10(8-9)22-13-12(15(20)21)14(19)18-7-2-1-6-11(18)17-13/h1-8H,(H,20,21). The van der Waals surface area contributed by atoms with Gasteiger partial charge in [0.15, 0.2) is 5.56 Å². The maximum Gasteiger partial charge on any atom is 0.346 e. The average molecular weight is 300 g/mol. The van der Waals surface area contributed by atoms with E-state index in [9.17, 15) is 19.1 Å². The lowest BCUT2D eigenvalue weighted by atomic mass is 10.3. The number of fused-ring (bicyclic) bond motifs is 1. The molecule has 1 N–H and O–H groups in total. The number of carboxylic acids is 1. The molecule has 110 valence electrons. The molecule has 7 heteroatoms. The van der Waals surface area contributed by atoms with Gasteiger partial charge >= 0.3 is 5.97 Å². The number of aromatic nitrogens is 2. The minimum absolute atomic E-state index is 0.0506. The maximum atomic E-state index is 13.2. The van der Waals surface area contributed by atoms with Crippen molar-refractivity contribution in [3.05, 3.63) is 70.4 Å². The highest BCUT2D eigenvalue weighted by Crippen LogP contribution is 2.22. The van der Waals surface area contributed by atoms with E-state index in [1.165, 1.54) is 30.5 Å². The highest BCUT2D eigenvalue weighted by molar-refractivity contribution is 5.90. The van der Waals surface area contributed by atoms with Gasteiger partial charge in [0.2, 0.25) is 5.88 Å². The predicted molar refractivity (Wildman–Crippen MR) is 74.9 cm³/mol. The molecular weight excluding hydrogens is 291 g/mol. The zero-order chi connectivity index (χ0) is 15.7. The number of rotatable bonds is 3. The number of halogens is 1. The fraction of sp³-hybridized carbons (Fsp3) is 0. The highest BCUT2D eigenvalue weighted by Gasteiger charge is 2.21. The van der Waals surface area contributed by atoms with Crippen LogP contribution in [-0.2, 0) is 0 Å². The van der Waals surface area contributed by atoms with Crippen molar-refractivity contribution >= 4 is 11.6 Å². The van der Waals surface area contributed by atoms with Crippen LogP contribution in [0, 0.1) is 5.82 Å². The number of carboxylic acid groups (broad SMARTS) is 1. The molecule has 22 heavy (non-hydrogen) atoms. The summed E-state index contributed by atoms with van der Waals surface area (Å²) in [6, 6.07) is 9.88. The molecule has 3 rings (SSSR count). The second-order valence-corrected chi connectivity index (χ2v) is 4.39. The van der Waals surface area contributed by atoms with Crippen LogP contribution in [0.15, 0.2) is 53.5 Å². The molecule has 0 fully saturated rings. The zero-order valence-corrected chi connectivity index (χ0v) is 11.1. The summed E-state index contributed by atoms with van der Waals surface area (Å²) in [4.78, 5) is 27.6. The van der Waals surface area contributed by atoms with Crippen LogP contribution in [-0.4, -0.2) is 20.5 Å². The van der Waals surface area contributed by atoms with E-state index >= 15 is 0 Å². The molecule has 0 bridgehead atoms. The summed E-state index contributed by atoms with van der Waals surface area (Å²) in [5.41, 5.74) is -1.17. The molecule has 6 nitrogen and oxygen atoms in total. The van der Waals surface area contributed by atoms with Gasteiger partial charge < -0.3 is 9.84 Å². The second kappa shape index (κ2) is 5.28. The Bertz CT molecular complexity index is 936. The minimum atomic E-state index is -1.47. The van der Waals surface area contributed by atoms with Crippen molar-refractivity contribution in [2.24, 2.45) is 0 Å². The van der Waals surface area contributed by atoms with Crippen LogP contribution in [0.2, 0.25) is 0 Å².